The Bertz CT molecular complexity index is 463. The molecule has 20 heavy (non-hydrogen) atoms. The van der Waals surface area contributed by atoms with Crippen LogP contribution in [-0.2, 0) is 4.79 Å². The minimum Gasteiger partial charge on any atom is -0.357 e. The van der Waals surface area contributed by atoms with Crippen LogP contribution >= 0.6 is 23.1 Å². The summed E-state index contributed by atoms with van der Waals surface area (Å²) >= 11 is 2.94. The minimum absolute atomic E-state index is 0.206. The first-order chi connectivity index (χ1) is 9.69. The Balaban J connectivity index is 1.77. The number of hydrogen-bond acceptors (Lipinski definition) is 6. The van der Waals surface area contributed by atoms with Gasteiger partial charge in [0.2, 0.25) is 11.0 Å². The second kappa shape index (κ2) is 7.64. The standard InChI is InChI=1S/C13H20N4OS2/c1-3-6-14-12-15-16-13(20-12)19-9-11(18)17-7-4-5-10(2)8-17/h3,10H,1,4-9H2,2H3,(H,14,15)/t10-/m0/s1. The topological polar surface area (TPSA) is 58.1 Å². The third-order valence-electron chi connectivity index (χ3n) is 3.13. The molecule has 0 aliphatic carbocycles. The van der Waals surface area contributed by atoms with E-state index < -0.39 is 0 Å². The van der Waals surface area contributed by atoms with Gasteiger partial charge in [0.25, 0.3) is 0 Å². The molecule has 1 fully saturated rings. The summed E-state index contributed by atoms with van der Waals surface area (Å²) in [4.78, 5) is 14.1. The number of thioether (sulfide) groups is 1. The Morgan fingerprint density at radius 3 is 3.25 bits per heavy atom. The Hall–Kier alpha value is -1.08. The van der Waals surface area contributed by atoms with Crippen molar-refractivity contribution in [2.24, 2.45) is 5.92 Å². The van der Waals surface area contributed by atoms with Crippen LogP contribution in [0.15, 0.2) is 17.0 Å². The molecule has 1 atom stereocenters. The lowest BCUT2D eigenvalue weighted by molar-refractivity contribution is -0.130. The molecule has 1 aromatic rings. The molecule has 1 aliphatic heterocycles. The van der Waals surface area contributed by atoms with Gasteiger partial charge in [0, 0.05) is 19.6 Å². The molecular weight excluding hydrogens is 292 g/mol. The largest absolute Gasteiger partial charge is 0.357 e. The summed E-state index contributed by atoms with van der Waals surface area (Å²) in [5.41, 5.74) is 0. The van der Waals surface area contributed by atoms with Crippen molar-refractivity contribution in [3.63, 3.8) is 0 Å². The predicted octanol–water partition coefficient (Wildman–Crippen LogP) is 2.49. The first-order valence-corrected chi connectivity index (χ1v) is 8.58. The molecule has 0 radical (unpaired) electrons. The summed E-state index contributed by atoms with van der Waals surface area (Å²) in [7, 11) is 0. The lowest BCUT2D eigenvalue weighted by Crippen LogP contribution is -2.40. The Morgan fingerprint density at radius 1 is 1.65 bits per heavy atom. The summed E-state index contributed by atoms with van der Waals surface area (Å²) in [6.07, 6.45) is 4.12. The van der Waals surface area contributed by atoms with Crippen LogP contribution in [0, 0.1) is 5.92 Å². The van der Waals surface area contributed by atoms with Crippen molar-refractivity contribution in [1.29, 1.82) is 0 Å². The first-order valence-electron chi connectivity index (χ1n) is 6.78. The number of nitrogens with one attached hydrogen (secondary N) is 1. The van der Waals surface area contributed by atoms with Gasteiger partial charge in [0.15, 0.2) is 4.34 Å². The van der Waals surface area contributed by atoms with E-state index in [9.17, 15) is 4.79 Å². The number of piperidine rings is 1. The number of nitrogens with zero attached hydrogens (tertiary/aromatic N) is 3. The van der Waals surface area contributed by atoms with E-state index in [-0.39, 0.29) is 5.91 Å². The third-order valence-corrected chi connectivity index (χ3v) is 5.13. The Labute approximate surface area is 127 Å². The maximum atomic E-state index is 12.1. The van der Waals surface area contributed by atoms with Crippen LogP contribution in [0.4, 0.5) is 5.13 Å². The highest BCUT2D eigenvalue weighted by Gasteiger charge is 2.21. The second-order valence-corrected chi connectivity index (χ2v) is 7.12. The highest BCUT2D eigenvalue weighted by atomic mass is 32.2. The molecule has 2 rings (SSSR count). The first kappa shape index (κ1) is 15.3. The van der Waals surface area contributed by atoms with Crippen molar-refractivity contribution in [2.45, 2.75) is 24.1 Å². The van der Waals surface area contributed by atoms with E-state index >= 15 is 0 Å². The molecule has 0 saturated carbocycles. The monoisotopic (exact) mass is 312 g/mol. The number of likely N-dealkylation sites (tertiary alicyclic amines) is 1. The van der Waals surface area contributed by atoms with Crippen molar-refractivity contribution >= 4 is 34.1 Å². The Kier molecular flexibility index (Phi) is 5.85. The van der Waals surface area contributed by atoms with Gasteiger partial charge in [0.05, 0.1) is 5.75 Å². The molecule has 5 nitrogen and oxygen atoms in total. The third kappa shape index (κ3) is 4.49. The van der Waals surface area contributed by atoms with Crippen LogP contribution in [0.5, 0.6) is 0 Å². The molecule has 7 heteroatoms. The average molecular weight is 312 g/mol. The van der Waals surface area contributed by atoms with Gasteiger partial charge >= 0.3 is 0 Å². The molecule has 1 aliphatic rings. The number of rotatable bonds is 6. The van der Waals surface area contributed by atoms with E-state index in [2.05, 4.69) is 29.0 Å². The molecule has 110 valence electrons. The molecule has 0 spiro atoms. The second-order valence-electron chi connectivity index (χ2n) is 4.92. The zero-order valence-electron chi connectivity index (χ0n) is 11.7. The van der Waals surface area contributed by atoms with Crippen molar-refractivity contribution < 1.29 is 4.79 Å². The normalized spacial score (nSPS) is 18.9. The summed E-state index contributed by atoms with van der Waals surface area (Å²) < 4.78 is 0.829. The van der Waals surface area contributed by atoms with Gasteiger partial charge in [-0.25, -0.2) is 0 Å². The lowest BCUT2D eigenvalue weighted by atomic mass is 10.0. The van der Waals surface area contributed by atoms with Crippen molar-refractivity contribution in [3.8, 4) is 0 Å². The Morgan fingerprint density at radius 2 is 2.50 bits per heavy atom. The lowest BCUT2D eigenvalue weighted by Gasteiger charge is -2.30. The zero-order valence-corrected chi connectivity index (χ0v) is 13.3. The van der Waals surface area contributed by atoms with Gasteiger partial charge in [-0.2, -0.15) is 0 Å². The minimum atomic E-state index is 0.206. The van der Waals surface area contributed by atoms with Gasteiger partial charge in [-0.1, -0.05) is 36.1 Å². The quantitative estimate of drug-likeness (QED) is 0.646. The number of carbonyl (C=O) groups is 1. The van der Waals surface area contributed by atoms with Crippen molar-refractivity contribution in [1.82, 2.24) is 15.1 Å². The zero-order chi connectivity index (χ0) is 14.4. The summed E-state index contributed by atoms with van der Waals surface area (Å²) in [5.74, 6) is 1.27. The summed E-state index contributed by atoms with van der Waals surface area (Å²) in [6.45, 7) is 8.30. The molecule has 0 unspecified atom stereocenters. The van der Waals surface area contributed by atoms with Gasteiger partial charge < -0.3 is 10.2 Å². The highest BCUT2D eigenvalue weighted by Crippen LogP contribution is 2.26. The van der Waals surface area contributed by atoms with E-state index in [0.717, 1.165) is 29.0 Å². The van der Waals surface area contributed by atoms with Crippen LogP contribution < -0.4 is 5.32 Å². The van der Waals surface area contributed by atoms with Crippen LogP contribution in [-0.4, -0.2) is 46.4 Å². The van der Waals surface area contributed by atoms with E-state index in [1.165, 1.54) is 29.5 Å². The predicted molar refractivity (Wildman–Crippen MR) is 84.3 cm³/mol. The maximum absolute atomic E-state index is 12.1. The van der Waals surface area contributed by atoms with Crippen LogP contribution in [0.3, 0.4) is 0 Å². The molecule has 1 aromatic heterocycles. The smallest absolute Gasteiger partial charge is 0.233 e. The highest BCUT2D eigenvalue weighted by molar-refractivity contribution is 8.01. The van der Waals surface area contributed by atoms with Gasteiger partial charge in [-0.15, -0.1) is 16.8 Å². The molecule has 0 bridgehead atoms. The number of amides is 1. The van der Waals surface area contributed by atoms with Gasteiger partial charge in [0.1, 0.15) is 0 Å². The summed E-state index contributed by atoms with van der Waals surface area (Å²) in [5, 5.41) is 11.9. The SMILES string of the molecule is C=CCNc1nnc(SCC(=O)N2CCC[C@H](C)C2)s1. The number of carbonyl (C=O) groups excluding carboxylic acids is 1. The van der Waals surface area contributed by atoms with Crippen LogP contribution in [0.1, 0.15) is 19.8 Å². The van der Waals surface area contributed by atoms with Crippen LogP contribution in [0.25, 0.3) is 0 Å². The molecule has 2 heterocycles. The van der Waals surface area contributed by atoms with Crippen LogP contribution in [0.2, 0.25) is 0 Å². The fourth-order valence-corrected chi connectivity index (χ4v) is 3.79. The molecule has 1 amide bonds. The fraction of sp³-hybridized carbons (Fsp3) is 0.615. The van der Waals surface area contributed by atoms with E-state index in [1.807, 2.05) is 4.90 Å². The number of hydrogen-bond donors (Lipinski definition) is 1. The van der Waals surface area contributed by atoms with Crippen molar-refractivity contribution in [3.05, 3.63) is 12.7 Å². The molecule has 1 N–H and O–H groups in total. The van der Waals surface area contributed by atoms with Gasteiger partial charge in [-0.05, 0) is 18.8 Å². The summed E-state index contributed by atoms with van der Waals surface area (Å²) in [6, 6.07) is 0. The molecule has 1 saturated heterocycles. The van der Waals surface area contributed by atoms with Gasteiger partial charge in [-0.3, -0.25) is 4.79 Å². The van der Waals surface area contributed by atoms with E-state index in [4.69, 9.17) is 0 Å². The number of anilines is 1. The number of aromatic nitrogens is 2. The average Bonchev–Trinajstić information content (AvgIpc) is 2.90. The van der Waals surface area contributed by atoms with E-state index in [0.29, 0.717) is 18.2 Å². The molecule has 0 aromatic carbocycles. The van der Waals surface area contributed by atoms with E-state index in [1.54, 1.807) is 6.08 Å². The molecular formula is C13H20N4OS2. The van der Waals surface area contributed by atoms with Crippen molar-refractivity contribution in [2.75, 3.05) is 30.7 Å². The fourth-order valence-electron chi connectivity index (χ4n) is 2.13. The maximum Gasteiger partial charge on any atom is 0.233 e.